The highest BCUT2D eigenvalue weighted by molar-refractivity contribution is 7.15. The van der Waals surface area contributed by atoms with Gasteiger partial charge in [0.05, 0.1) is 11.3 Å². The maximum Gasteiger partial charge on any atom is 0.338 e. The van der Waals surface area contributed by atoms with Gasteiger partial charge < -0.3 is 9.30 Å². The van der Waals surface area contributed by atoms with Crippen molar-refractivity contribution in [1.29, 1.82) is 0 Å². The Morgan fingerprint density at radius 1 is 1.19 bits per heavy atom. The molecule has 4 rings (SSSR count). The molecule has 0 amide bonds. The van der Waals surface area contributed by atoms with Crippen molar-refractivity contribution in [3.63, 3.8) is 0 Å². The van der Waals surface area contributed by atoms with Gasteiger partial charge in [-0.1, -0.05) is 6.07 Å². The number of aryl methyl sites for hydroxylation is 1. The average Bonchev–Trinajstić information content (AvgIpc) is 3.30. The highest BCUT2D eigenvalue weighted by Crippen LogP contribution is 2.14. The number of carbonyl (C=O) groups is 1. The molecular weight excluding hydrogens is 350 g/mol. The molecule has 0 bridgehead atoms. The van der Waals surface area contributed by atoms with Gasteiger partial charge >= 0.3 is 5.97 Å². The predicted molar refractivity (Wildman–Crippen MR) is 99.0 cm³/mol. The maximum absolute atomic E-state index is 12.4. The Morgan fingerprint density at radius 2 is 2.00 bits per heavy atom. The number of thiazole rings is 1. The molecule has 0 saturated carbocycles. The summed E-state index contributed by atoms with van der Waals surface area (Å²) < 4.78 is 8.79. The van der Waals surface area contributed by atoms with Crippen LogP contribution in [0.3, 0.4) is 0 Å². The molecule has 7 heteroatoms. The van der Waals surface area contributed by atoms with Crippen LogP contribution in [0.4, 0.5) is 0 Å². The lowest BCUT2D eigenvalue weighted by molar-refractivity contribution is 0.0467. The van der Waals surface area contributed by atoms with Gasteiger partial charge in [0.2, 0.25) is 0 Å². The number of nitrogens with zero attached hydrogens (tertiary/aromatic N) is 3. The van der Waals surface area contributed by atoms with Gasteiger partial charge in [-0.15, -0.1) is 11.3 Å². The van der Waals surface area contributed by atoms with Crippen molar-refractivity contribution in [3.05, 3.63) is 87.5 Å². The fraction of sp³-hybridized carbons (Fsp3) is 0.105. The van der Waals surface area contributed by atoms with Crippen molar-refractivity contribution in [2.24, 2.45) is 0 Å². The van der Waals surface area contributed by atoms with E-state index in [1.807, 2.05) is 47.5 Å². The van der Waals surface area contributed by atoms with Crippen LogP contribution in [-0.4, -0.2) is 19.9 Å². The first kappa shape index (κ1) is 16.3. The predicted octanol–water partition coefficient (Wildman–Crippen LogP) is 3.21. The molecule has 0 aliphatic rings. The molecule has 0 N–H and O–H groups in total. The molecular formula is C19H15N3O3S. The molecule has 0 unspecified atom stereocenters. The molecule has 1 aromatic carbocycles. The van der Waals surface area contributed by atoms with Crippen LogP contribution in [-0.2, 0) is 11.3 Å². The highest BCUT2D eigenvalue weighted by Gasteiger charge is 2.11. The largest absolute Gasteiger partial charge is 0.456 e. The zero-order valence-electron chi connectivity index (χ0n) is 14.0. The number of ether oxygens (including phenoxy) is 1. The summed E-state index contributed by atoms with van der Waals surface area (Å²) in [6.07, 6.45) is 3.81. The van der Waals surface area contributed by atoms with Gasteiger partial charge in [0.25, 0.3) is 5.56 Å². The van der Waals surface area contributed by atoms with E-state index >= 15 is 0 Å². The van der Waals surface area contributed by atoms with Crippen molar-refractivity contribution in [2.75, 3.05) is 0 Å². The first-order chi connectivity index (χ1) is 12.6. The second-order valence-electron chi connectivity index (χ2n) is 5.80. The van der Waals surface area contributed by atoms with E-state index in [9.17, 15) is 9.59 Å². The molecule has 4 aromatic rings. The molecule has 6 nitrogen and oxygen atoms in total. The van der Waals surface area contributed by atoms with Gasteiger partial charge in [-0.3, -0.25) is 9.20 Å². The first-order valence-corrected chi connectivity index (χ1v) is 8.87. The lowest BCUT2D eigenvalue weighted by atomic mass is 10.2. The molecule has 0 radical (unpaired) electrons. The molecule has 0 atom stereocenters. The number of fused-ring (bicyclic) bond motifs is 1. The number of carbonyl (C=O) groups excluding carboxylic acids is 1. The Morgan fingerprint density at radius 3 is 2.81 bits per heavy atom. The monoisotopic (exact) mass is 365 g/mol. The van der Waals surface area contributed by atoms with Crippen molar-refractivity contribution >= 4 is 22.3 Å². The molecule has 3 heterocycles. The molecule has 3 aromatic heterocycles. The third-order valence-corrected chi connectivity index (χ3v) is 4.91. The zero-order chi connectivity index (χ0) is 18.1. The van der Waals surface area contributed by atoms with Crippen molar-refractivity contribution < 1.29 is 9.53 Å². The van der Waals surface area contributed by atoms with Crippen LogP contribution in [0.1, 0.15) is 21.7 Å². The van der Waals surface area contributed by atoms with E-state index in [0.717, 1.165) is 11.4 Å². The SMILES string of the molecule is Cc1csc2nc(COC(=O)c3cccc(-n4cccc4)c3)cc(=O)n12. The Kier molecular flexibility index (Phi) is 4.14. The third kappa shape index (κ3) is 3.04. The summed E-state index contributed by atoms with van der Waals surface area (Å²) in [6, 6.07) is 12.4. The standard InChI is InChI=1S/C19H15N3O3S/c1-13-12-26-19-20-15(10-17(23)22(13)19)11-25-18(24)14-5-4-6-16(9-14)21-7-2-3-8-21/h2-10,12H,11H2,1H3. The van der Waals surface area contributed by atoms with Crippen LogP contribution in [0, 0.1) is 6.92 Å². The Balaban J connectivity index is 1.52. The summed E-state index contributed by atoms with van der Waals surface area (Å²) in [5.74, 6) is -0.455. The first-order valence-electron chi connectivity index (χ1n) is 7.99. The maximum atomic E-state index is 12.4. The van der Waals surface area contributed by atoms with Crippen LogP contribution in [0.25, 0.3) is 10.6 Å². The number of hydrogen-bond acceptors (Lipinski definition) is 5. The van der Waals surface area contributed by atoms with E-state index in [1.165, 1.54) is 21.8 Å². The normalized spacial score (nSPS) is 11.0. The minimum absolute atomic E-state index is 0.0464. The third-order valence-electron chi connectivity index (χ3n) is 3.96. The van der Waals surface area contributed by atoms with Gasteiger partial charge in [-0.25, -0.2) is 9.78 Å². The van der Waals surface area contributed by atoms with Crippen LogP contribution in [0.15, 0.2) is 65.0 Å². The summed E-state index contributed by atoms with van der Waals surface area (Å²) in [7, 11) is 0. The molecule has 130 valence electrons. The van der Waals surface area contributed by atoms with Crippen molar-refractivity contribution in [2.45, 2.75) is 13.5 Å². The molecule has 0 aliphatic carbocycles. The molecule has 0 fully saturated rings. The zero-order valence-corrected chi connectivity index (χ0v) is 14.8. The van der Waals surface area contributed by atoms with Crippen LogP contribution in [0.5, 0.6) is 0 Å². The van der Waals surface area contributed by atoms with Gasteiger partial charge in [0.15, 0.2) is 4.96 Å². The topological polar surface area (TPSA) is 65.6 Å². The van der Waals surface area contributed by atoms with Crippen LogP contribution >= 0.6 is 11.3 Å². The van der Waals surface area contributed by atoms with E-state index in [2.05, 4.69) is 4.98 Å². The summed E-state index contributed by atoms with van der Waals surface area (Å²) in [6.45, 7) is 1.80. The summed E-state index contributed by atoms with van der Waals surface area (Å²) in [5.41, 5.74) is 2.42. The summed E-state index contributed by atoms with van der Waals surface area (Å²) in [4.78, 5) is 29.5. The number of aromatic nitrogens is 3. The summed E-state index contributed by atoms with van der Waals surface area (Å²) >= 11 is 1.38. The van der Waals surface area contributed by atoms with E-state index in [0.29, 0.717) is 16.2 Å². The Labute approximate surface area is 152 Å². The number of benzene rings is 1. The fourth-order valence-electron chi connectivity index (χ4n) is 2.70. The number of hydrogen-bond donors (Lipinski definition) is 0. The van der Waals surface area contributed by atoms with Crippen molar-refractivity contribution in [3.8, 4) is 5.69 Å². The van der Waals surface area contributed by atoms with Crippen LogP contribution < -0.4 is 5.56 Å². The van der Waals surface area contributed by atoms with E-state index in [-0.39, 0.29) is 12.2 Å². The Hall–Kier alpha value is -3.19. The highest BCUT2D eigenvalue weighted by atomic mass is 32.1. The summed E-state index contributed by atoms with van der Waals surface area (Å²) in [5, 5.41) is 1.87. The van der Waals surface area contributed by atoms with E-state index < -0.39 is 5.97 Å². The molecule has 26 heavy (non-hydrogen) atoms. The average molecular weight is 365 g/mol. The van der Waals surface area contributed by atoms with Gasteiger partial charge in [0.1, 0.15) is 6.61 Å². The Bertz CT molecular complexity index is 1140. The number of esters is 1. The van der Waals surface area contributed by atoms with Gasteiger partial charge in [0, 0.05) is 35.2 Å². The minimum atomic E-state index is -0.455. The lowest BCUT2D eigenvalue weighted by Crippen LogP contribution is -2.16. The smallest absolute Gasteiger partial charge is 0.338 e. The van der Waals surface area contributed by atoms with Gasteiger partial charge in [-0.05, 0) is 37.3 Å². The quantitative estimate of drug-likeness (QED) is 0.521. The van der Waals surface area contributed by atoms with Gasteiger partial charge in [-0.2, -0.15) is 0 Å². The number of rotatable bonds is 4. The van der Waals surface area contributed by atoms with Crippen molar-refractivity contribution in [1.82, 2.24) is 14.0 Å². The fourth-order valence-corrected chi connectivity index (χ4v) is 3.59. The second kappa shape index (κ2) is 6.61. The molecule has 0 saturated heterocycles. The van der Waals surface area contributed by atoms with Crippen LogP contribution in [0.2, 0.25) is 0 Å². The molecule has 0 spiro atoms. The van der Waals surface area contributed by atoms with E-state index in [4.69, 9.17) is 4.74 Å². The lowest BCUT2D eigenvalue weighted by Gasteiger charge is -2.07. The minimum Gasteiger partial charge on any atom is -0.456 e. The second-order valence-corrected chi connectivity index (χ2v) is 6.63. The van der Waals surface area contributed by atoms with E-state index in [1.54, 1.807) is 18.2 Å². The molecule has 0 aliphatic heterocycles.